The summed E-state index contributed by atoms with van der Waals surface area (Å²) in [4.78, 5) is 25.8. The molecule has 2 fully saturated rings. The van der Waals surface area contributed by atoms with Crippen molar-refractivity contribution in [3.63, 3.8) is 0 Å². The molecule has 5 nitrogen and oxygen atoms in total. The van der Waals surface area contributed by atoms with Gasteiger partial charge < -0.3 is 10.5 Å². The van der Waals surface area contributed by atoms with Crippen LogP contribution in [-0.2, 0) is 14.3 Å². The van der Waals surface area contributed by atoms with Crippen molar-refractivity contribution in [2.75, 3.05) is 5.73 Å². The van der Waals surface area contributed by atoms with Gasteiger partial charge in [0.25, 0.3) is 11.8 Å². The SMILES string of the molecule is CC(c1cccc(N)c1)N1C(=O)C2CCC(O2)C1=O. The van der Waals surface area contributed by atoms with Crippen molar-refractivity contribution in [1.29, 1.82) is 0 Å². The number of amides is 2. The van der Waals surface area contributed by atoms with Crippen molar-refractivity contribution in [2.24, 2.45) is 0 Å². The number of nitrogens with two attached hydrogens (primary N) is 1. The molecule has 3 atom stereocenters. The van der Waals surface area contributed by atoms with Gasteiger partial charge in [0.15, 0.2) is 0 Å². The van der Waals surface area contributed by atoms with E-state index >= 15 is 0 Å². The van der Waals surface area contributed by atoms with Gasteiger partial charge in [0.2, 0.25) is 0 Å². The number of imide groups is 1. The molecule has 3 unspecified atom stereocenters. The fraction of sp³-hybridized carbons (Fsp3) is 0.429. The minimum Gasteiger partial charge on any atom is -0.399 e. The Hall–Kier alpha value is -1.88. The highest BCUT2D eigenvalue weighted by Gasteiger charge is 2.48. The number of nitrogen functional groups attached to an aromatic ring is 1. The third-order valence-corrected chi connectivity index (χ3v) is 3.83. The second-order valence-corrected chi connectivity index (χ2v) is 5.08. The Balaban J connectivity index is 1.92. The smallest absolute Gasteiger partial charge is 0.258 e. The Bertz CT molecular complexity index is 521. The normalized spacial score (nSPS) is 27.7. The van der Waals surface area contributed by atoms with E-state index in [1.807, 2.05) is 19.1 Å². The maximum absolute atomic E-state index is 12.2. The Labute approximate surface area is 111 Å². The van der Waals surface area contributed by atoms with Crippen LogP contribution >= 0.6 is 0 Å². The van der Waals surface area contributed by atoms with Gasteiger partial charge in [0, 0.05) is 5.69 Å². The molecule has 100 valence electrons. The summed E-state index contributed by atoms with van der Waals surface area (Å²) >= 11 is 0. The third kappa shape index (κ3) is 1.90. The molecule has 0 aromatic heterocycles. The van der Waals surface area contributed by atoms with Gasteiger partial charge in [-0.15, -0.1) is 0 Å². The molecule has 2 amide bonds. The largest absolute Gasteiger partial charge is 0.399 e. The number of hydrogen-bond acceptors (Lipinski definition) is 4. The number of hydrogen-bond donors (Lipinski definition) is 1. The van der Waals surface area contributed by atoms with Gasteiger partial charge in [-0.2, -0.15) is 0 Å². The molecule has 3 rings (SSSR count). The van der Waals surface area contributed by atoms with E-state index in [2.05, 4.69) is 0 Å². The van der Waals surface area contributed by atoms with E-state index in [1.165, 1.54) is 4.90 Å². The van der Waals surface area contributed by atoms with Gasteiger partial charge in [-0.3, -0.25) is 14.5 Å². The Morgan fingerprint density at radius 2 is 1.89 bits per heavy atom. The van der Waals surface area contributed by atoms with Crippen LogP contribution in [0.1, 0.15) is 31.4 Å². The first-order valence-electron chi connectivity index (χ1n) is 6.45. The minimum atomic E-state index is -0.453. The molecule has 0 spiro atoms. The molecule has 1 aromatic rings. The molecule has 2 heterocycles. The minimum absolute atomic E-state index is 0.228. The summed E-state index contributed by atoms with van der Waals surface area (Å²) in [6, 6.07) is 6.96. The number of carbonyl (C=O) groups is 2. The van der Waals surface area contributed by atoms with Crippen LogP contribution in [0.3, 0.4) is 0 Å². The summed E-state index contributed by atoms with van der Waals surface area (Å²) < 4.78 is 5.40. The van der Waals surface area contributed by atoms with Crippen LogP contribution < -0.4 is 5.73 Å². The molecular formula is C14H16N2O3. The zero-order valence-electron chi connectivity index (χ0n) is 10.7. The lowest BCUT2D eigenvalue weighted by atomic mass is 10.0. The second-order valence-electron chi connectivity index (χ2n) is 5.08. The molecule has 2 aliphatic rings. The molecule has 19 heavy (non-hydrogen) atoms. The molecule has 2 N–H and O–H groups in total. The number of rotatable bonds is 2. The van der Waals surface area contributed by atoms with Crippen LogP contribution in [0.5, 0.6) is 0 Å². The fourth-order valence-corrected chi connectivity index (χ4v) is 2.77. The maximum Gasteiger partial charge on any atom is 0.258 e. The second kappa shape index (κ2) is 4.35. The molecule has 0 aliphatic carbocycles. The average molecular weight is 260 g/mol. The molecule has 2 saturated heterocycles. The van der Waals surface area contributed by atoms with E-state index in [4.69, 9.17) is 10.5 Å². The Morgan fingerprint density at radius 1 is 1.26 bits per heavy atom. The van der Waals surface area contributed by atoms with Gasteiger partial charge in [0.1, 0.15) is 12.2 Å². The number of likely N-dealkylation sites (tertiary alicyclic amines) is 1. The molecular weight excluding hydrogens is 244 g/mol. The number of ether oxygens (including phenoxy) is 1. The number of morpholine rings is 1. The first-order valence-corrected chi connectivity index (χ1v) is 6.45. The van der Waals surface area contributed by atoms with Crippen molar-refractivity contribution >= 4 is 17.5 Å². The van der Waals surface area contributed by atoms with Gasteiger partial charge in [-0.1, -0.05) is 12.1 Å². The van der Waals surface area contributed by atoms with E-state index < -0.39 is 12.2 Å². The molecule has 5 heteroatoms. The fourth-order valence-electron chi connectivity index (χ4n) is 2.77. The summed E-state index contributed by atoms with van der Waals surface area (Å²) in [5.41, 5.74) is 7.24. The van der Waals surface area contributed by atoms with Crippen LogP contribution in [0.2, 0.25) is 0 Å². The molecule has 1 aromatic carbocycles. The first kappa shape index (κ1) is 12.2. The summed E-state index contributed by atoms with van der Waals surface area (Å²) in [5.74, 6) is -0.456. The van der Waals surface area contributed by atoms with Crippen LogP contribution in [0.15, 0.2) is 24.3 Å². The standard InChI is InChI=1S/C14H16N2O3/c1-8(9-3-2-4-10(15)7-9)16-13(17)11-5-6-12(19-11)14(16)18/h2-4,7-8,11-12H,5-6,15H2,1H3. The molecule has 0 saturated carbocycles. The number of fused-ring (bicyclic) bond motifs is 2. The molecule has 2 bridgehead atoms. The number of nitrogens with zero attached hydrogens (tertiary/aromatic N) is 1. The zero-order valence-corrected chi connectivity index (χ0v) is 10.7. The van der Waals surface area contributed by atoms with E-state index in [1.54, 1.807) is 12.1 Å². The Kier molecular flexibility index (Phi) is 2.78. The summed E-state index contributed by atoms with van der Waals surface area (Å²) in [6.07, 6.45) is 0.363. The van der Waals surface area contributed by atoms with Crippen molar-refractivity contribution in [1.82, 2.24) is 4.90 Å². The topological polar surface area (TPSA) is 72.6 Å². The third-order valence-electron chi connectivity index (χ3n) is 3.83. The van der Waals surface area contributed by atoms with E-state index in [9.17, 15) is 9.59 Å². The Morgan fingerprint density at radius 3 is 2.47 bits per heavy atom. The summed E-state index contributed by atoms with van der Waals surface area (Å²) in [7, 11) is 0. The van der Waals surface area contributed by atoms with Gasteiger partial charge in [-0.25, -0.2) is 0 Å². The first-order chi connectivity index (χ1) is 9.08. The van der Waals surface area contributed by atoms with Crippen molar-refractivity contribution in [2.45, 2.75) is 38.0 Å². The number of carbonyl (C=O) groups excluding carboxylic acids is 2. The predicted octanol–water partition coefficient (Wildman–Crippen LogP) is 1.25. The quantitative estimate of drug-likeness (QED) is 0.641. The number of anilines is 1. The lowest BCUT2D eigenvalue weighted by Crippen LogP contribution is -2.52. The van der Waals surface area contributed by atoms with Crippen molar-refractivity contribution in [3.05, 3.63) is 29.8 Å². The molecule has 2 aliphatic heterocycles. The van der Waals surface area contributed by atoms with E-state index in [-0.39, 0.29) is 17.9 Å². The van der Waals surface area contributed by atoms with Gasteiger partial charge >= 0.3 is 0 Å². The van der Waals surface area contributed by atoms with Gasteiger partial charge in [0.05, 0.1) is 6.04 Å². The van der Waals surface area contributed by atoms with Gasteiger partial charge in [-0.05, 0) is 37.5 Å². The zero-order chi connectivity index (χ0) is 13.6. The average Bonchev–Trinajstić information content (AvgIpc) is 2.83. The van der Waals surface area contributed by atoms with Crippen LogP contribution in [-0.4, -0.2) is 28.9 Å². The lowest BCUT2D eigenvalue weighted by molar-refractivity contribution is -0.171. The van der Waals surface area contributed by atoms with Crippen molar-refractivity contribution < 1.29 is 14.3 Å². The monoisotopic (exact) mass is 260 g/mol. The highest BCUT2D eigenvalue weighted by atomic mass is 16.5. The summed E-state index contributed by atoms with van der Waals surface area (Å²) in [5, 5.41) is 0. The van der Waals surface area contributed by atoms with E-state index in [0.29, 0.717) is 18.5 Å². The van der Waals surface area contributed by atoms with E-state index in [0.717, 1.165) is 5.56 Å². The van der Waals surface area contributed by atoms with Crippen LogP contribution in [0.25, 0.3) is 0 Å². The molecule has 0 radical (unpaired) electrons. The number of benzene rings is 1. The maximum atomic E-state index is 12.2. The van der Waals surface area contributed by atoms with Crippen LogP contribution in [0, 0.1) is 0 Å². The van der Waals surface area contributed by atoms with Crippen molar-refractivity contribution in [3.8, 4) is 0 Å². The highest BCUT2D eigenvalue weighted by molar-refractivity contribution is 6.02. The highest BCUT2D eigenvalue weighted by Crippen LogP contribution is 2.33. The van der Waals surface area contributed by atoms with Crippen LogP contribution in [0.4, 0.5) is 5.69 Å². The summed E-state index contributed by atoms with van der Waals surface area (Å²) in [6.45, 7) is 1.84. The predicted molar refractivity (Wildman–Crippen MR) is 69.0 cm³/mol. The lowest BCUT2D eigenvalue weighted by Gasteiger charge is -2.34.